The second-order valence-corrected chi connectivity index (χ2v) is 5.75. The lowest BCUT2D eigenvalue weighted by Gasteiger charge is -2.14. The van der Waals surface area contributed by atoms with Gasteiger partial charge in [-0.1, -0.05) is 34.8 Å². The number of alkyl halides is 3. The van der Waals surface area contributed by atoms with Crippen LogP contribution in [0.3, 0.4) is 0 Å². The average molecular weight is 399 g/mol. The number of pyridine rings is 1. The van der Waals surface area contributed by atoms with E-state index < -0.39 is 23.4 Å². The van der Waals surface area contributed by atoms with Crippen molar-refractivity contribution in [3.05, 3.63) is 50.7 Å². The standard InChI is InChI=1S/C15H9Cl3F3NO2/c1-2-24-14(23)13-8(15(19,20)21)5-7(6-22-13)11-9(16)3-4-10(17)12(11)18/h3-6H,2H2,1H3. The quantitative estimate of drug-likeness (QED) is 0.477. The molecule has 0 spiro atoms. The number of hydrogen-bond donors (Lipinski definition) is 0. The minimum atomic E-state index is -4.82. The zero-order valence-corrected chi connectivity index (χ0v) is 14.3. The molecule has 0 fully saturated rings. The fraction of sp³-hybridized carbons (Fsp3) is 0.200. The van der Waals surface area contributed by atoms with Gasteiger partial charge in [-0.05, 0) is 25.1 Å². The summed E-state index contributed by atoms with van der Waals surface area (Å²) in [4.78, 5) is 15.3. The molecule has 2 aromatic rings. The first-order valence-electron chi connectivity index (χ1n) is 6.55. The molecule has 0 amide bonds. The molecule has 1 heterocycles. The number of ether oxygens (including phenoxy) is 1. The van der Waals surface area contributed by atoms with Crippen LogP contribution in [-0.4, -0.2) is 17.6 Å². The first-order chi connectivity index (χ1) is 11.2. The third kappa shape index (κ3) is 3.77. The molecule has 0 aliphatic heterocycles. The molecule has 0 aliphatic carbocycles. The van der Waals surface area contributed by atoms with E-state index in [-0.39, 0.29) is 32.8 Å². The highest BCUT2D eigenvalue weighted by atomic mass is 35.5. The van der Waals surface area contributed by atoms with Crippen LogP contribution in [0.2, 0.25) is 15.1 Å². The molecule has 0 unspecified atom stereocenters. The average Bonchev–Trinajstić information content (AvgIpc) is 2.50. The summed E-state index contributed by atoms with van der Waals surface area (Å²) in [5, 5.41) is 0.213. The van der Waals surface area contributed by atoms with Crippen molar-refractivity contribution in [1.29, 1.82) is 0 Å². The molecule has 0 bridgehead atoms. The molecule has 2 rings (SSSR count). The van der Waals surface area contributed by atoms with Crippen LogP contribution in [0.15, 0.2) is 24.4 Å². The molecule has 0 N–H and O–H groups in total. The van der Waals surface area contributed by atoms with Crippen molar-refractivity contribution in [2.24, 2.45) is 0 Å². The Morgan fingerprint density at radius 1 is 1.21 bits per heavy atom. The van der Waals surface area contributed by atoms with Gasteiger partial charge in [-0.15, -0.1) is 0 Å². The number of aromatic nitrogens is 1. The Labute approximate surface area is 150 Å². The second kappa shape index (κ2) is 7.17. The maximum Gasteiger partial charge on any atom is 0.418 e. The summed E-state index contributed by atoms with van der Waals surface area (Å²) in [6, 6.07) is 3.56. The summed E-state index contributed by atoms with van der Waals surface area (Å²) in [5.41, 5.74) is -2.00. The molecule has 0 saturated heterocycles. The van der Waals surface area contributed by atoms with E-state index in [2.05, 4.69) is 9.72 Å². The molecule has 1 aromatic heterocycles. The topological polar surface area (TPSA) is 39.2 Å². The van der Waals surface area contributed by atoms with E-state index in [1.54, 1.807) is 0 Å². The number of carbonyl (C=O) groups excluding carboxylic acids is 1. The van der Waals surface area contributed by atoms with Gasteiger partial charge in [0.15, 0.2) is 5.69 Å². The molecule has 128 valence electrons. The maximum absolute atomic E-state index is 13.3. The third-order valence-electron chi connectivity index (χ3n) is 2.99. The van der Waals surface area contributed by atoms with Gasteiger partial charge in [-0.3, -0.25) is 0 Å². The molecule has 24 heavy (non-hydrogen) atoms. The normalized spacial score (nSPS) is 11.5. The Kier molecular flexibility index (Phi) is 5.63. The fourth-order valence-electron chi connectivity index (χ4n) is 1.97. The molecule has 1 aromatic carbocycles. The van der Waals surface area contributed by atoms with E-state index in [0.717, 1.165) is 12.3 Å². The van der Waals surface area contributed by atoms with E-state index in [1.807, 2.05) is 0 Å². The lowest BCUT2D eigenvalue weighted by atomic mass is 10.0. The van der Waals surface area contributed by atoms with E-state index in [1.165, 1.54) is 19.1 Å². The van der Waals surface area contributed by atoms with Crippen LogP contribution in [0.5, 0.6) is 0 Å². The predicted molar refractivity (Wildman–Crippen MR) is 85.7 cm³/mol. The molecular formula is C15H9Cl3F3NO2. The Morgan fingerprint density at radius 2 is 1.83 bits per heavy atom. The van der Waals surface area contributed by atoms with Gasteiger partial charge in [0.2, 0.25) is 0 Å². The second-order valence-electron chi connectivity index (χ2n) is 4.56. The van der Waals surface area contributed by atoms with Crippen LogP contribution in [0, 0.1) is 0 Å². The van der Waals surface area contributed by atoms with E-state index in [4.69, 9.17) is 34.8 Å². The van der Waals surface area contributed by atoms with Gasteiger partial charge in [0, 0.05) is 17.3 Å². The molecule has 0 saturated carbocycles. The predicted octanol–water partition coefficient (Wildman–Crippen LogP) is 5.90. The van der Waals surface area contributed by atoms with E-state index >= 15 is 0 Å². The van der Waals surface area contributed by atoms with Crippen LogP contribution < -0.4 is 0 Å². The first kappa shape index (κ1) is 18.8. The van der Waals surface area contributed by atoms with Gasteiger partial charge in [0.1, 0.15) is 0 Å². The van der Waals surface area contributed by atoms with Crippen molar-refractivity contribution in [3.8, 4) is 11.1 Å². The van der Waals surface area contributed by atoms with E-state index in [9.17, 15) is 18.0 Å². The molecule has 0 atom stereocenters. The highest BCUT2D eigenvalue weighted by molar-refractivity contribution is 6.46. The van der Waals surface area contributed by atoms with Gasteiger partial charge < -0.3 is 4.74 Å². The van der Waals surface area contributed by atoms with E-state index in [0.29, 0.717) is 0 Å². The van der Waals surface area contributed by atoms with Gasteiger partial charge >= 0.3 is 12.1 Å². The zero-order chi connectivity index (χ0) is 18.1. The lowest BCUT2D eigenvalue weighted by molar-refractivity contribution is -0.138. The van der Waals surface area contributed by atoms with Crippen LogP contribution in [-0.2, 0) is 10.9 Å². The number of rotatable bonds is 3. The summed E-state index contributed by atoms with van der Waals surface area (Å²) in [5.74, 6) is -1.17. The molecular weight excluding hydrogens is 390 g/mol. The SMILES string of the molecule is CCOC(=O)c1ncc(-c2c(Cl)ccc(Cl)c2Cl)cc1C(F)(F)F. The monoisotopic (exact) mass is 397 g/mol. The smallest absolute Gasteiger partial charge is 0.418 e. The van der Waals surface area contributed by atoms with Gasteiger partial charge in [-0.25, -0.2) is 9.78 Å². The molecule has 9 heteroatoms. The number of hydrogen-bond acceptors (Lipinski definition) is 3. The van der Waals surface area contributed by atoms with Gasteiger partial charge in [-0.2, -0.15) is 13.2 Å². The third-order valence-corrected chi connectivity index (χ3v) is 4.11. The fourth-order valence-corrected chi connectivity index (χ4v) is 2.72. The first-order valence-corrected chi connectivity index (χ1v) is 7.68. The van der Waals surface area contributed by atoms with Crippen molar-refractivity contribution in [2.45, 2.75) is 13.1 Å². The number of halogens is 6. The van der Waals surface area contributed by atoms with Gasteiger partial charge in [0.25, 0.3) is 0 Å². The highest BCUT2D eigenvalue weighted by Crippen LogP contribution is 2.41. The van der Waals surface area contributed by atoms with Crippen LogP contribution in [0.25, 0.3) is 11.1 Å². The maximum atomic E-state index is 13.3. The van der Waals surface area contributed by atoms with Crippen molar-refractivity contribution in [3.63, 3.8) is 0 Å². The summed E-state index contributed by atoms with van der Waals surface area (Å²) in [6.07, 6.45) is -3.76. The van der Waals surface area contributed by atoms with Gasteiger partial charge in [0.05, 0.1) is 27.2 Å². The highest BCUT2D eigenvalue weighted by Gasteiger charge is 2.37. The lowest BCUT2D eigenvalue weighted by Crippen LogP contribution is -2.17. The largest absolute Gasteiger partial charge is 0.461 e. The molecule has 3 nitrogen and oxygen atoms in total. The number of esters is 1. The summed E-state index contributed by atoms with van der Waals surface area (Å²) >= 11 is 17.9. The van der Waals surface area contributed by atoms with Crippen LogP contribution >= 0.6 is 34.8 Å². The zero-order valence-electron chi connectivity index (χ0n) is 12.0. The number of benzene rings is 1. The Hall–Kier alpha value is -1.50. The Balaban J connectivity index is 2.68. The van der Waals surface area contributed by atoms with Crippen molar-refractivity contribution in [1.82, 2.24) is 4.98 Å². The van der Waals surface area contributed by atoms with Crippen LogP contribution in [0.1, 0.15) is 23.0 Å². The summed E-state index contributed by atoms with van der Waals surface area (Å²) in [7, 11) is 0. The van der Waals surface area contributed by atoms with Crippen LogP contribution in [0.4, 0.5) is 13.2 Å². The number of nitrogens with zero attached hydrogens (tertiary/aromatic N) is 1. The number of carbonyl (C=O) groups is 1. The minimum Gasteiger partial charge on any atom is -0.461 e. The Bertz CT molecular complexity index is 794. The van der Waals surface area contributed by atoms with Crippen molar-refractivity contribution < 1.29 is 22.7 Å². The minimum absolute atomic E-state index is 0.0111. The van der Waals surface area contributed by atoms with Crippen molar-refractivity contribution in [2.75, 3.05) is 6.61 Å². The molecule has 0 aliphatic rings. The molecule has 0 radical (unpaired) electrons. The Morgan fingerprint density at radius 3 is 2.42 bits per heavy atom. The summed E-state index contributed by atoms with van der Waals surface area (Å²) < 4.78 is 44.5. The van der Waals surface area contributed by atoms with Crippen molar-refractivity contribution >= 4 is 40.8 Å². The summed E-state index contributed by atoms with van der Waals surface area (Å²) in [6.45, 7) is 1.40.